The molecule has 0 spiro atoms. The normalized spacial score (nSPS) is 23.0. The van der Waals surface area contributed by atoms with Crippen molar-refractivity contribution in [1.29, 1.82) is 0 Å². The number of amides is 2. The summed E-state index contributed by atoms with van der Waals surface area (Å²) in [6, 6.07) is 3.05. The molecule has 1 aliphatic carbocycles. The summed E-state index contributed by atoms with van der Waals surface area (Å²) in [6.45, 7) is 3.98. The summed E-state index contributed by atoms with van der Waals surface area (Å²) >= 11 is 6.20. The Morgan fingerprint density at radius 2 is 2.00 bits per heavy atom. The molecule has 0 bridgehead atoms. The summed E-state index contributed by atoms with van der Waals surface area (Å²) in [6.07, 6.45) is 4.09. The molecule has 0 heterocycles. The van der Waals surface area contributed by atoms with E-state index in [9.17, 15) is 9.59 Å². The maximum absolute atomic E-state index is 12.7. The van der Waals surface area contributed by atoms with Gasteiger partial charge >= 0.3 is 0 Å². The lowest BCUT2D eigenvalue weighted by atomic mass is 9.78. The zero-order valence-electron chi connectivity index (χ0n) is 14.9. The molecule has 6 nitrogen and oxygen atoms in total. The third-order valence-corrected chi connectivity index (χ3v) is 4.92. The molecule has 2 amide bonds. The molecule has 0 saturated heterocycles. The van der Waals surface area contributed by atoms with E-state index in [-0.39, 0.29) is 34.6 Å². The van der Waals surface area contributed by atoms with Crippen molar-refractivity contribution in [1.82, 2.24) is 5.32 Å². The number of rotatable bonds is 6. The third kappa shape index (κ3) is 5.01. The molecule has 138 valence electrons. The maximum Gasteiger partial charge on any atom is 0.255 e. The number of benzene rings is 1. The van der Waals surface area contributed by atoms with Crippen LogP contribution in [-0.4, -0.2) is 31.1 Å². The fraction of sp³-hybridized carbons (Fsp3) is 0.556. The molecule has 1 aliphatic rings. The van der Waals surface area contributed by atoms with E-state index < -0.39 is 5.91 Å². The molecule has 25 heavy (non-hydrogen) atoms. The average Bonchev–Trinajstić information content (AvgIpc) is 2.55. The summed E-state index contributed by atoms with van der Waals surface area (Å²) < 4.78 is 10.5. The van der Waals surface area contributed by atoms with Crippen LogP contribution in [0.25, 0.3) is 0 Å². The minimum atomic E-state index is -0.626. The molecule has 3 N–H and O–H groups in total. The quantitative estimate of drug-likeness (QED) is 0.807. The Morgan fingerprint density at radius 1 is 1.36 bits per heavy atom. The number of nitrogens with two attached hydrogens (primary N) is 1. The molecule has 1 aromatic carbocycles. The number of ether oxygens (including phenoxy) is 2. The van der Waals surface area contributed by atoms with Gasteiger partial charge in [-0.05, 0) is 50.7 Å². The van der Waals surface area contributed by atoms with Crippen LogP contribution < -0.4 is 20.5 Å². The predicted octanol–water partition coefficient (Wildman–Crippen LogP) is 2.91. The van der Waals surface area contributed by atoms with Crippen molar-refractivity contribution in [3.63, 3.8) is 0 Å². The number of halogens is 1. The van der Waals surface area contributed by atoms with Gasteiger partial charge in [0.1, 0.15) is 0 Å². The Bertz CT molecular complexity index is 655. The summed E-state index contributed by atoms with van der Waals surface area (Å²) in [5.74, 6) is 0.331. The lowest BCUT2D eigenvalue weighted by molar-refractivity contribution is -0.119. The first-order chi connectivity index (χ1) is 11.7. The van der Waals surface area contributed by atoms with Crippen LogP contribution in [0.1, 0.15) is 49.9 Å². The van der Waals surface area contributed by atoms with Crippen molar-refractivity contribution in [2.75, 3.05) is 13.7 Å². The van der Waals surface area contributed by atoms with Gasteiger partial charge in [-0.2, -0.15) is 0 Å². The molecule has 1 fully saturated rings. The van der Waals surface area contributed by atoms with Crippen molar-refractivity contribution < 1.29 is 19.1 Å². The highest BCUT2D eigenvalue weighted by Crippen LogP contribution is 2.37. The topological polar surface area (TPSA) is 90.7 Å². The van der Waals surface area contributed by atoms with Gasteiger partial charge in [-0.3, -0.25) is 9.59 Å². The fourth-order valence-corrected chi connectivity index (χ4v) is 3.27. The van der Waals surface area contributed by atoms with Crippen molar-refractivity contribution in [3.05, 3.63) is 22.7 Å². The Morgan fingerprint density at radius 3 is 2.56 bits per heavy atom. The molecule has 0 atom stereocenters. The lowest BCUT2D eigenvalue weighted by Crippen LogP contribution is -2.48. The molecule has 1 aromatic rings. The van der Waals surface area contributed by atoms with E-state index in [1.165, 1.54) is 13.2 Å². The highest BCUT2D eigenvalue weighted by atomic mass is 35.5. The minimum absolute atomic E-state index is 0.188. The molecule has 0 unspecified atom stereocenters. The Kier molecular flexibility index (Phi) is 6.16. The minimum Gasteiger partial charge on any atom is -0.493 e. The van der Waals surface area contributed by atoms with Crippen LogP contribution in [0, 0.1) is 5.92 Å². The van der Waals surface area contributed by atoms with Gasteiger partial charge in [0.25, 0.3) is 11.8 Å². The molecule has 0 aliphatic heterocycles. The SMILES string of the molecule is COc1cc(C(=O)NC2(C)CCC(C)CC2)cc(Cl)c1OCC(N)=O. The molecule has 7 heteroatoms. The van der Waals surface area contributed by atoms with Gasteiger partial charge in [0.05, 0.1) is 12.1 Å². The number of methoxy groups -OCH3 is 1. The fourth-order valence-electron chi connectivity index (χ4n) is 3.00. The molecular formula is C18H25ClN2O4. The van der Waals surface area contributed by atoms with E-state index in [0.717, 1.165) is 25.7 Å². The smallest absolute Gasteiger partial charge is 0.255 e. The van der Waals surface area contributed by atoms with Gasteiger partial charge in [0, 0.05) is 11.1 Å². The van der Waals surface area contributed by atoms with Crippen molar-refractivity contribution in [3.8, 4) is 11.5 Å². The van der Waals surface area contributed by atoms with Crippen LogP contribution in [0.15, 0.2) is 12.1 Å². The van der Waals surface area contributed by atoms with E-state index in [2.05, 4.69) is 19.2 Å². The molecule has 0 radical (unpaired) electrons. The highest BCUT2D eigenvalue weighted by molar-refractivity contribution is 6.32. The molecule has 0 aromatic heterocycles. The van der Waals surface area contributed by atoms with Gasteiger partial charge in [0.15, 0.2) is 18.1 Å². The molecule has 1 saturated carbocycles. The van der Waals surface area contributed by atoms with Crippen molar-refractivity contribution in [2.24, 2.45) is 11.7 Å². The van der Waals surface area contributed by atoms with Crippen LogP contribution in [0.4, 0.5) is 0 Å². The van der Waals surface area contributed by atoms with Crippen LogP contribution in [-0.2, 0) is 4.79 Å². The second-order valence-corrected chi connectivity index (χ2v) is 7.35. The Labute approximate surface area is 153 Å². The molecular weight excluding hydrogens is 344 g/mol. The monoisotopic (exact) mass is 368 g/mol. The van der Waals surface area contributed by atoms with Crippen LogP contribution in [0.5, 0.6) is 11.5 Å². The zero-order valence-corrected chi connectivity index (χ0v) is 15.6. The standard InChI is InChI=1S/C18H25ClN2O4/c1-11-4-6-18(2,7-5-11)21-17(23)12-8-13(19)16(14(9-12)24-3)25-10-15(20)22/h8-9,11H,4-7,10H2,1-3H3,(H2,20,22)(H,21,23). The number of primary amides is 1. The summed E-state index contributed by atoms with van der Waals surface area (Å²) in [7, 11) is 1.44. The highest BCUT2D eigenvalue weighted by Gasteiger charge is 2.31. The van der Waals surface area contributed by atoms with Crippen molar-refractivity contribution in [2.45, 2.75) is 45.1 Å². The number of nitrogens with one attached hydrogen (secondary N) is 1. The van der Waals surface area contributed by atoms with E-state index in [0.29, 0.717) is 11.5 Å². The van der Waals surface area contributed by atoms with Crippen molar-refractivity contribution >= 4 is 23.4 Å². The first kappa shape index (κ1) is 19.4. The van der Waals surface area contributed by atoms with E-state index in [1.54, 1.807) is 6.07 Å². The lowest BCUT2D eigenvalue weighted by Gasteiger charge is -2.37. The number of hydrogen-bond donors (Lipinski definition) is 2. The third-order valence-electron chi connectivity index (χ3n) is 4.64. The first-order valence-electron chi connectivity index (χ1n) is 8.35. The summed E-state index contributed by atoms with van der Waals surface area (Å²) in [5, 5.41) is 3.30. The zero-order chi connectivity index (χ0) is 18.6. The summed E-state index contributed by atoms with van der Waals surface area (Å²) in [5.41, 5.74) is 5.24. The van der Waals surface area contributed by atoms with Gasteiger partial charge < -0.3 is 20.5 Å². The van der Waals surface area contributed by atoms with Crippen LogP contribution in [0.3, 0.4) is 0 Å². The summed E-state index contributed by atoms with van der Waals surface area (Å²) in [4.78, 5) is 23.5. The Balaban J connectivity index is 2.17. The van der Waals surface area contributed by atoms with Crippen LogP contribution in [0.2, 0.25) is 5.02 Å². The van der Waals surface area contributed by atoms with Gasteiger partial charge in [-0.15, -0.1) is 0 Å². The maximum atomic E-state index is 12.7. The average molecular weight is 369 g/mol. The second-order valence-electron chi connectivity index (χ2n) is 6.94. The largest absolute Gasteiger partial charge is 0.493 e. The van der Waals surface area contributed by atoms with Crippen LogP contribution >= 0.6 is 11.6 Å². The second kappa shape index (κ2) is 7.95. The van der Waals surface area contributed by atoms with Gasteiger partial charge in [-0.1, -0.05) is 18.5 Å². The number of carbonyl (C=O) groups excluding carboxylic acids is 2. The first-order valence-corrected chi connectivity index (χ1v) is 8.73. The molecule has 2 rings (SSSR count). The van der Waals surface area contributed by atoms with Gasteiger partial charge in [0.2, 0.25) is 0 Å². The number of carbonyl (C=O) groups is 2. The van der Waals surface area contributed by atoms with E-state index in [4.69, 9.17) is 26.8 Å². The van der Waals surface area contributed by atoms with E-state index in [1.807, 2.05) is 0 Å². The predicted molar refractivity (Wildman–Crippen MR) is 96.2 cm³/mol. The van der Waals surface area contributed by atoms with Gasteiger partial charge in [-0.25, -0.2) is 0 Å². The van der Waals surface area contributed by atoms with E-state index >= 15 is 0 Å². The Hall–Kier alpha value is -1.95. The number of hydrogen-bond acceptors (Lipinski definition) is 4.